The number of nitrogens with two attached hydrogens (primary N) is 1. The molecule has 1 saturated heterocycles. The molecule has 5 heteroatoms. The Morgan fingerprint density at radius 2 is 2.33 bits per heavy atom. The minimum absolute atomic E-state index is 0.250. The molecule has 5 nitrogen and oxygen atoms in total. The van der Waals surface area contributed by atoms with Crippen LogP contribution in [0, 0.1) is 0 Å². The lowest BCUT2D eigenvalue weighted by atomic mass is 10.1. The number of rotatable bonds is 8. The van der Waals surface area contributed by atoms with Crippen LogP contribution in [-0.2, 0) is 9.53 Å². The molecule has 1 amide bonds. The van der Waals surface area contributed by atoms with E-state index in [0.29, 0.717) is 12.6 Å². The third-order valence-corrected chi connectivity index (χ3v) is 3.25. The van der Waals surface area contributed by atoms with E-state index in [1.807, 2.05) is 6.92 Å². The van der Waals surface area contributed by atoms with Crippen LogP contribution < -0.4 is 11.1 Å². The van der Waals surface area contributed by atoms with Crippen LogP contribution in [0.3, 0.4) is 0 Å². The van der Waals surface area contributed by atoms with Gasteiger partial charge in [-0.3, -0.25) is 9.69 Å². The summed E-state index contributed by atoms with van der Waals surface area (Å²) in [6.45, 7) is 8.32. The summed E-state index contributed by atoms with van der Waals surface area (Å²) in [4.78, 5) is 13.6. The minimum Gasteiger partial charge on any atom is -0.377 e. The van der Waals surface area contributed by atoms with Crippen LogP contribution in [-0.4, -0.2) is 55.7 Å². The summed E-state index contributed by atoms with van der Waals surface area (Å²) in [5, 5.41) is 3.13. The highest BCUT2D eigenvalue weighted by atomic mass is 16.5. The molecule has 0 bridgehead atoms. The number of likely N-dealkylation sites (N-methyl/N-ethyl adjacent to an activating group) is 1. The fourth-order valence-corrected chi connectivity index (χ4v) is 2.36. The zero-order valence-electron chi connectivity index (χ0n) is 11.7. The molecule has 1 rings (SSSR count). The van der Waals surface area contributed by atoms with Gasteiger partial charge in [0.2, 0.25) is 5.91 Å². The Kier molecular flexibility index (Phi) is 7.23. The topological polar surface area (TPSA) is 67.6 Å². The highest BCUT2D eigenvalue weighted by Gasteiger charge is 2.24. The number of likely N-dealkylation sites (tertiary alicyclic amines) is 1. The third-order valence-electron chi connectivity index (χ3n) is 3.25. The second-order valence-corrected chi connectivity index (χ2v) is 4.91. The fraction of sp³-hybridized carbons (Fsp3) is 0.923. The van der Waals surface area contributed by atoms with Gasteiger partial charge in [-0.05, 0) is 32.4 Å². The Morgan fingerprint density at radius 1 is 1.56 bits per heavy atom. The predicted octanol–water partition coefficient (Wildman–Crippen LogP) is 0.341. The Labute approximate surface area is 110 Å². The van der Waals surface area contributed by atoms with Crippen LogP contribution in [0.4, 0.5) is 0 Å². The number of carbonyl (C=O) groups is 1. The summed E-state index contributed by atoms with van der Waals surface area (Å²) in [5.74, 6) is -0.270. The van der Waals surface area contributed by atoms with Crippen molar-refractivity contribution in [2.75, 3.05) is 32.8 Å². The van der Waals surface area contributed by atoms with E-state index in [9.17, 15) is 4.79 Å². The van der Waals surface area contributed by atoms with E-state index in [4.69, 9.17) is 10.5 Å². The van der Waals surface area contributed by atoms with Gasteiger partial charge in [-0.2, -0.15) is 0 Å². The highest BCUT2D eigenvalue weighted by Crippen LogP contribution is 2.13. The van der Waals surface area contributed by atoms with Crippen molar-refractivity contribution in [1.29, 1.82) is 0 Å². The number of nitrogens with zero attached hydrogens (tertiary/aromatic N) is 1. The molecule has 2 atom stereocenters. The maximum Gasteiger partial charge on any atom is 0.235 e. The molecule has 1 aliphatic heterocycles. The molecule has 0 aromatic carbocycles. The standard InChI is InChI=1S/C13H27N3O2/c1-3-8-18-11-6-5-7-16(9-11)10-12(13(14)17)15-4-2/h11-12,15H,3-10H2,1-2H3,(H2,14,17). The molecule has 18 heavy (non-hydrogen) atoms. The summed E-state index contributed by atoms with van der Waals surface area (Å²) < 4.78 is 5.79. The van der Waals surface area contributed by atoms with Crippen molar-refractivity contribution in [3.05, 3.63) is 0 Å². The molecular formula is C13H27N3O2. The number of ether oxygens (including phenoxy) is 1. The van der Waals surface area contributed by atoms with Gasteiger partial charge in [0.25, 0.3) is 0 Å². The van der Waals surface area contributed by atoms with E-state index in [1.54, 1.807) is 0 Å². The van der Waals surface area contributed by atoms with E-state index < -0.39 is 0 Å². The van der Waals surface area contributed by atoms with Gasteiger partial charge in [0.15, 0.2) is 0 Å². The van der Waals surface area contributed by atoms with Gasteiger partial charge in [-0.15, -0.1) is 0 Å². The Balaban J connectivity index is 2.37. The molecular weight excluding hydrogens is 230 g/mol. The molecule has 0 aromatic rings. The van der Waals surface area contributed by atoms with Gasteiger partial charge < -0.3 is 15.8 Å². The zero-order chi connectivity index (χ0) is 13.4. The van der Waals surface area contributed by atoms with Crippen molar-refractivity contribution in [2.24, 2.45) is 5.73 Å². The molecule has 3 N–H and O–H groups in total. The zero-order valence-corrected chi connectivity index (χ0v) is 11.7. The molecule has 0 radical (unpaired) electrons. The van der Waals surface area contributed by atoms with Crippen molar-refractivity contribution < 1.29 is 9.53 Å². The molecule has 0 spiro atoms. The van der Waals surface area contributed by atoms with Crippen molar-refractivity contribution in [2.45, 2.75) is 45.3 Å². The first-order valence-electron chi connectivity index (χ1n) is 7.04. The first kappa shape index (κ1) is 15.4. The molecule has 0 aliphatic carbocycles. The lowest BCUT2D eigenvalue weighted by molar-refractivity contribution is -0.120. The largest absolute Gasteiger partial charge is 0.377 e. The van der Waals surface area contributed by atoms with Crippen LogP contribution in [0.5, 0.6) is 0 Å². The van der Waals surface area contributed by atoms with E-state index in [2.05, 4.69) is 17.1 Å². The van der Waals surface area contributed by atoms with Gasteiger partial charge in [-0.25, -0.2) is 0 Å². The summed E-state index contributed by atoms with van der Waals surface area (Å²) >= 11 is 0. The monoisotopic (exact) mass is 257 g/mol. The SMILES string of the molecule is CCCOC1CCCN(CC(NCC)C(N)=O)C1. The second-order valence-electron chi connectivity index (χ2n) is 4.91. The van der Waals surface area contributed by atoms with E-state index in [0.717, 1.165) is 45.5 Å². The average molecular weight is 257 g/mol. The second kappa shape index (κ2) is 8.45. The molecule has 1 heterocycles. The van der Waals surface area contributed by atoms with Gasteiger partial charge in [0.05, 0.1) is 12.1 Å². The highest BCUT2D eigenvalue weighted by molar-refractivity contribution is 5.80. The number of primary amides is 1. The van der Waals surface area contributed by atoms with Crippen molar-refractivity contribution in [1.82, 2.24) is 10.2 Å². The van der Waals surface area contributed by atoms with E-state index in [-0.39, 0.29) is 11.9 Å². The Hall–Kier alpha value is -0.650. The van der Waals surface area contributed by atoms with Gasteiger partial charge in [-0.1, -0.05) is 13.8 Å². The molecule has 0 aromatic heterocycles. The number of carbonyl (C=O) groups excluding carboxylic acids is 1. The normalized spacial score (nSPS) is 22.9. The smallest absolute Gasteiger partial charge is 0.235 e. The fourth-order valence-electron chi connectivity index (χ4n) is 2.36. The van der Waals surface area contributed by atoms with Crippen LogP contribution in [0.15, 0.2) is 0 Å². The first-order chi connectivity index (χ1) is 8.67. The number of nitrogens with one attached hydrogen (secondary N) is 1. The molecule has 1 aliphatic rings. The Bertz CT molecular complexity index is 248. The summed E-state index contributed by atoms with van der Waals surface area (Å²) in [7, 11) is 0. The summed E-state index contributed by atoms with van der Waals surface area (Å²) in [6.07, 6.45) is 3.62. The number of piperidine rings is 1. The third kappa shape index (κ3) is 5.33. The average Bonchev–Trinajstić information content (AvgIpc) is 2.36. The van der Waals surface area contributed by atoms with Crippen LogP contribution in [0.1, 0.15) is 33.1 Å². The van der Waals surface area contributed by atoms with Crippen molar-refractivity contribution in [3.8, 4) is 0 Å². The number of amides is 1. The maximum absolute atomic E-state index is 11.3. The number of hydrogen-bond acceptors (Lipinski definition) is 4. The van der Waals surface area contributed by atoms with Crippen molar-refractivity contribution in [3.63, 3.8) is 0 Å². The van der Waals surface area contributed by atoms with E-state index in [1.165, 1.54) is 0 Å². The predicted molar refractivity (Wildman–Crippen MR) is 72.4 cm³/mol. The molecule has 0 saturated carbocycles. The maximum atomic E-state index is 11.3. The molecule has 1 fully saturated rings. The molecule has 106 valence electrons. The van der Waals surface area contributed by atoms with E-state index >= 15 is 0 Å². The van der Waals surface area contributed by atoms with Crippen LogP contribution >= 0.6 is 0 Å². The van der Waals surface area contributed by atoms with Crippen LogP contribution in [0.2, 0.25) is 0 Å². The quantitative estimate of drug-likeness (QED) is 0.658. The van der Waals surface area contributed by atoms with Gasteiger partial charge >= 0.3 is 0 Å². The lowest BCUT2D eigenvalue weighted by Crippen LogP contribution is -2.52. The first-order valence-corrected chi connectivity index (χ1v) is 7.04. The summed E-state index contributed by atoms with van der Waals surface area (Å²) in [5.41, 5.74) is 5.40. The van der Waals surface area contributed by atoms with Gasteiger partial charge in [0, 0.05) is 19.7 Å². The number of hydrogen-bond donors (Lipinski definition) is 2. The van der Waals surface area contributed by atoms with Crippen LogP contribution in [0.25, 0.3) is 0 Å². The minimum atomic E-state index is -0.270. The van der Waals surface area contributed by atoms with Gasteiger partial charge in [0.1, 0.15) is 0 Å². The Morgan fingerprint density at radius 3 is 2.94 bits per heavy atom. The lowest BCUT2D eigenvalue weighted by Gasteiger charge is -2.34. The van der Waals surface area contributed by atoms with Crippen molar-refractivity contribution >= 4 is 5.91 Å². The summed E-state index contributed by atoms with van der Waals surface area (Å²) in [6, 6.07) is -0.250. The molecule has 2 unspecified atom stereocenters.